The highest BCUT2D eigenvalue weighted by Gasteiger charge is 2.29. The van der Waals surface area contributed by atoms with Crippen LogP contribution >= 0.6 is 0 Å². The van der Waals surface area contributed by atoms with Crippen LogP contribution in [0.1, 0.15) is 38.7 Å². The summed E-state index contributed by atoms with van der Waals surface area (Å²) in [6.07, 6.45) is 1.12. The van der Waals surface area contributed by atoms with Crippen LogP contribution in [0.4, 0.5) is 17.6 Å². The van der Waals surface area contributed by atoms with Gasteiger partial charge in [-0.25, -0.2) is 17.6 Å². The number of benzene rings is 1. The molecule has 7 heteroatoms. The molecule has 0 aliphatic rings. The fourth-order valence-corrected chi connectivity index (χ4v) is 2.36. The molecule has 1 rings (SSSR count). The third-order valence-corrected chi connectivity index (χ3v) is 3.58. The molecular formula is C15H19F4NO2. The van der Waals surface area contributed by atoms with Gasteiger partial charge in [-0.15, -0.1) is 0 Å². The normalized spacial score (nSPS) is 15.4. The topological polar surface area (TPSA) is 63.3 Å². The molecule has 0 saturated carbocycles. The lowest BCUT2D eigenvalue weighted by Gasteiger charge is -2.23. The molecule has 0 radical (unpaired) electrons. The number of carboxylic acid groups (broad SMARTS) is 1. The minimum Gasteiger partial charge on any atom is -0.480 e. The fraction of sp³-hybridized carbons (Fsp3) is 0.533. The average Bonchev–Trinajstić information content (AvgIpc) is 2.41. The van der Waals surface area contributed by atoms with Crippen LogP contribution in [0.3, 0.4) is 0 Å². The number of nitrogens with two attached hydrogens (primary N) is 1. The maximum Gasteiger partial charge on any atom is 0.323 e. The third kappa shape index (κ3) is 4.43. The molecule has 2 unspecified atom stereocenters. The summed E-state index contributed by atoms with van der Waals surface area (Å²) in [7, 11) is 0. The zero-order chi connectivity index (χ0) is 17.1. The number of rotatable bonds is 7. The molecule has 0 bridgehead atoms. The number of aliphatic carboxylic acids is 1. The van der Waals surface area contributed by atoms with Crippen LogP contribution in [0, 0.1) is 29.2 Å². The summed E-state index contributed by atoms with van der Waals surface area (Å²) < 4.78 is 52.4. The summed E-state index contributed by atoms with van der Waals surface area (Å²) in [5.41, 5.74) is 4.02. The highest BCUT2D eigenvalue weighted by molar-refractivity contribution is 5.77. The molecule has 0 aliphatic heterocycles. The predicted octanol–water partition coefficient (Wildman–Crippen LogP) is 3.39. The molecule has 0 aliphatic carbocycles. The number of hydrogen-bond donors (Lipinski definition) is 2. The lowest BCUT2D eigenvalue weighted by molar-refractivity contribution is -0.143. The summed E-state index contributed by atoms with van der Waals surface area (Å²) in [6, 6.07) is 0.642. The molecule has 0 saturated heterocycles. The van der Waals surface area contributed by atoms with Gasteiger partial charge in [0, 0.05) is 0 Å². The number of carbonyl (C=O) groups is 1. The molecule has 0 amide bonds. The van der Waals surface area contributed by atoms with Crippen molar-refractivity contribution >= 4 is 5.97 Å². The van der Waals surface area contributed by atoms with E-state index in [0.29, 0.717) is 18.9 Å². The van der Waals surface area contributed by atoms with E-state index in [0.717, 1.165) is 0 Å². The Kier molecular flexibility index (Phi) is 5.93. The molecule has 0 spiro atoms. The van der Waals surface area contributed by atoms with Crippen molar-refractivity contribution in [2.75, 3.05) is 0 Å². The predicted molar refractivity (Wildman–Crippen MR) is 73.2 cm³/mol. The van der Waals surface area contributed by atoms with Gasteiger partial charge in [-0.3, -0.25) is 4.79 Å². The van der Waals surface area contributed by atoms with Crippen LogP contribution in [-0.4, -0.2) is 16.6 Å². The van der Waals surface area contributed by atoms with Crippen molar-refractivity contribution in [1.82, 2.24) is 0 Å². The molecule has 3 nitrogen and oxygen atoms in total. The van der Waals surface area contributed by atoms with E-state index < -0.39 is 34.8 Å². The van der Waals surface area contributed by atoms with E-state index in [2.05, 4.69) is 0 Å². The van der Waals surface area contributed by atoms with Crippen LogP contribution in [0.2, 0.25) is 0 Å². The molecule has 124 valence electrons. The first-order chi connectivity index (χ1) is 10.1. The Bertz CT molecular complexity index is 561. The van der Waals surface area contributed by atoms with E-state index in [4.69, 9.17) is 10.8 Å². The smallest absolute Gasteiger partial charge is 0.323 e. The van der Waals surface area contributed by atoms with E-state index in [-0.39, 0.29) is 24.3 Å². The van der Waals surface area contributed by atoms with Gasteiger partial charge in [0.15, 0.2) is 23.3 Å². The third-order valence-electron chi connectivity index (χ3n) is 3.58. The number of hydrogen-bond acceptors (Lipinski definition) is 2. The maximum absolute atomic E-state index is 13.5. The van der Waals surface area contributed by atoms with Crippen LogP contribution in [-0.2, 0) is 11.2 Å². The number of aryl methyl sites for hydroxylation is 1. The summed E-state index contributed by atoms with van der Waals surface area (Å²) >= 11 is 0. The highest BCUT2D eigenvalue weighted by atomic mass is 19.2. The lowest BCUT2D eigenvalue weighted by atomic mass is 9.87. The first-order valence-corrected chi connectivity index (χ1v) is 6.90. The van der Waals surface area contributed by atoms with Gasteiger partial charge in [-0.05, 0) is 43.7 Å². The first kappa shape index (κ1) is 18.4. The molecule has 22 heavy (non-hydrogen) atoms. The Labute approximate surface area is 126 Å². The first-order valence-electron chi connectivity index (χ1n) is 6.90. The number of carboxylic acids is 1. The zero-order valence-corrected chi connectivity index (χ0v) is 12.4. The largest absolute Gasteiger partial charge is 0.480 e. The van der Waals surface area contributed by atoms with Crippen molar-refractivity contribution in [2.45, 2.75) is 45.1 Å². The molecule has 2 atom stereocenters. The number of halogens is 4. The van der Waals surface area contributed by atoms with Gasteiger partial charge in [-0.2, -0.15) is 0 Å². The van der Waals surface area contributed by atoms with Crippen LogP contribution in [0.25, 0.3) is 0 Å². The van der Waals surface area contributed by atoms with Crippen LogP contribution in [0.5, 0.6) is 0 Å². The van der Waals surface area contributed by atoms with E-state index >= 15 is 0 Å². The van der Waals surface area contributed by atoms with Gasteiger partial charge in [0.2, 0.25) is 0 Å². The molecule has 3 N–H and O–H groups in total. The van der Waals surface area contributed by atoms with Crippen molar-refractivity contribution in [2.24, 2.45) is 11.7 Å². The Morgan fingerprint density at radius 1 is 1.27 bits per heavy atom. The van der Waals surface area contributed by atoms with Crippen molar-refractivity contribution in [3.63, 3.8) is 0 Å². The Balaban J connectivity index is 2.60. The van der Waals surface area contributed by atoms with E-state index in [1.807, 2.05) is 0 Å². The van der Waals surface area contributed by atoms with Crippen LogP contribution in [0.15, 0.2) is 6.07 Å². The van der Waals surface area contributed by atoms with Crippen molar-refractivity contribution in [1.29, 1.82) is 0 Å². The molecule has 0 heterocycles. The maximum atomic E-state index is 13.5. The zero-order valence-electron chi connectivity index (χ0n) is 12.4. The fourth-order valence-electron chi connectivity index (χ4n) is 2.36. The van der Waals surface area contributed by atoms with Gasteiger partial charge in [0.25, 0.3) is 0 Å². The minimum atomic E-state index is -1.82. The second-order valence-electron chi connectivity index (χ2n) is 5.88. The van der Waals surface area contributed by atoms with Gasteiger partial charge in [0.05, 0.1) is 0 Å². The van der Waals surface area contributed by atoms with E-state index in [1.165, 1.54) is 6.92 Å². The quantitative estimate of drug-likeness (QED) is 0.460. The van der Waals surface area contributed by atoms with Crippen molar-refractivity contribution < 1.29 is 27.5 Å². The van der Waals surface area contributed by atoms with Crippen molar-refractivity contribution in [3.05, 3.63) is 34.9 Å². The molecule has 1 aromatic rings. The summed E-state index contributed by atoms with van der Waals surface area (Å²) in [4.78, 5) is 10.9. The lowest BCUT2D eigenvalue weighted by Crippen LogP contribution is -2.46. The monoisotopic (exact) mass is 321 g/mol. The summed E-state index contributed by atoms with van der Waals surface area (Å²) in [5, 5.41) is 8.92. The highest BCUT2D eigenvalue weighted by Crippen LogP contribution is 2.23. The van der Waals surface area contributed by atoms with E-state index in [1.54, 1.807) is 6.92 Å². The molecule has 0 fully saturated rings. The molecule has 1 aromatic carbocycles. The Morgan fingerprint density at radius 3 is 2.41 bits per heavy atom. The van der Waals surface area contributed by atoms with Gasteiger partial charge < -0.3 is 10.8 Å². The standard InChI is InChI=1S/C15H19F4NO2/c1-8(7-15(2,20)14(21)22)4-3-5-9-6-10(16)12(18)13(19)11(9)17/h6,8H,3-5,7,20H2,1-2H3,(H,21,22). The Morgan fingerprint density at radius 2 is 1.86 bits per heavy atom. The average molecular weight is 321 g/mol. The molecular weight excluding hydrogens is 302 g/mol. The van der Waals surface area contributed by atoms with Gasteiger partial charge in [-0.1, -0.05) is 13.3 Å². The van der Waals surface area contributed by atoms with Gasteiger partial charge >= 0.3 is 5.97 Å². The van der Waals surface area contributed by atoms with Crippen molar-refractivity contribution in [3.8, 4) is 0 Å². The minimum absolute atomic E-state index is 0.0264. The Hall–Kier alpha value is -1.63. The summed E-state index contributed by atoms with van der Waals surface area (Å²) in [5.74, 6) is -7.64. The molecule has 0 aromatic heterocycles. The van der Waals surface area contributed by atoms with Gasteiger partial charge in [0.1, 0.15) is 5.54 Å². The second-order valence-corrected chi connectivity index (χ2v) is 5.88. The van der Waals surface area contributed by atoms with E-state index in [9.17, 15) is 22.4 Å². The van der Waals surface area contributed by atoms with Crippen LogP contribution < -0.4 is 5.73 Å². The summed E-state index contributed by atoms with van der Waals surface area (Å²) in [6.45, 7) is 3.19. The SMILES string of the molecule is CC(CCCc1cc(F)c(F)c(F)c1F)CC(C)(N)C(=O)O. The second kappa shape index (κ2) is 7.09.